The Balaban J connectivity index is 3.81. The monoisotopic (exact) mass is 233 g/mol. The lowest BCUT2D eigenvalue weighted by atomic mass is 10.3. The summed E-state index contributed by atoms with van der Waals surface area (Å²) in [6, 6.07) is -2.09. The van der Waals surface area contributed by atoms with Crippen LogP contribution >= 0.6 is 0 Å². The molecule has 0 radical (unpaired) electrons. The summed E-state index contributed by atoms with van der Waals surface area (Å²) in [4.78, 5) is 32.2. The molecule has 5 N–H and O–H groups in total. The minimum atomic E-state index is -1.35. The summed E-state index contributed by atoms with van der Waals surface area (Å²) in [5.74, 6) is -1.57. The summed E-state index contributed by atoms with van der Waals surface area (Å²) >= 11 is 0. The van der Waals surface area contributed by atoms with Crippen LogP contribution in [0.1, 0.15) is 6.42 Å². The summed E-state index contributed by atoms with van der Waals surface area (Å²) < 4.78 is 0. The molecule has 0 aromatic carbocycles. The van der Waals surface area contributed by atoms with Crippen molar-refractivity contribution in [2.24, 2.45) is 0 Å². The first-order valence-electron chi connectivity index (χ1n) is 4.59. The number of hydrogen-bond donors (Lipinski definition) is 5. The molecule has 0 spiro atoms. The number of urea groups is 1. The van der Waals surface area contributed by atoms with Gasteiger partial charge in [0.05, 0.1) is 6.61 Å². The molecule has 3 amide bonds. The van der Waals surface area contributed by atoms with Crippen LogP contribution in [-0.2, 0) is 9.59 Å². The lowest BCUT2D eigenvalue weighted by Gasteiger charge is -2.12. The van der Waals surface area contributed by atoms with Crippen LogP contribution in [0.25, 0.3) is 0 Å². The summed E-state index contributed by atoms with van der Waals surface area (Å²) in [5, 5.41) is 23.8. The number of rotatable bonds is 6. The lowest BCUT2D eigenvalue weighted by Crippen LogP contribution is -2.48. The van der Waals surface area contributed by atoms with Gasteiger partial charge in [0.15, 0.2) is 6.04 Å². The third-order valence-corrected chi connectivity index (χ3v) is 1.70. The van der Waals surface area contributed by atoms with Gasteiger partial charge >= 0.3 is 12.0 Å². The van der Waals surface area contributed by atoms with Crippen LogP contribution in [0.5, 0.6) is 0 Å². The quantitative estimate of drug-likeness (QED) is 0.358. The summed E-state index contributed by atoms with van der Waals surface area (Å²) in [6.45, 7) is -0.610. The Morgan fingerprint density at radius 3 is 2.38 bits per heavy atom. The Morgan fingerprint density at radius 2 is 1.94 bits per heavy atom. The largest absolute Gasteiger partial charge is 0.480 e. The number of aliphatic hydroxyl groups excluding tert-OH is 1. The zero-order valence-corrected chi connectivity index (χ0v) is 8.82. The van der Waals surface area contributed by atoms with Gasteiger partial charge in [-0.15, -0.1) is 0 Å². The second-order valence-corrected chi connectivity index (χ2v) is 2.90. The third kappa shape index (κ3) is 5.81. The van der Waals surface area contributed by atoms with Crippen molar-refractivity contribution in [2.45, 2.75) is 12.5 Å². The number of aliphatic carboxylic acids is 1. The van der Waals surface area contributed by atoms with Crippen LogP contribution in [0, 0.1) is 0 Å². The van der Waals surface area contributed by atoms with E-state index in [1.54, 1.807) is 0 Å². The number of amides is 3. The molecular formula is C8H15N3O5. The number of carboxylic acids is 1. The van der Waals surface area contributed by atoms with Gasteiger partial charge in [-0.2, -0.15) is 0 Å². The average molecular weight is 233 g/mol. The number of carbonyl (C=O) groups excluding carboxylic acids is 2. The molecule has 0 fully saturated rings. The highest BCUT2D eigenvalue weighted by Crippen LogP contribution is 1.83. The van der Waals surface area contributed by atoms with Gasteiger partial charge in [0.1, 0.15) is 0 Å². The molecule has 16 heavy (non-hydrogen) atoms. The summed E-state index contributed by atoms with van der Waals surface area (Å²) in [7, 11) is 1.47. The molecule has 8 heteroatoms. The van der Waals surface area contributed by atoms with Crippen LogP contribution in [-0.4, -0.2) is 54.4 Å². The molecule has 0 unspecified atom stereocenters. The second-order valence-electron chi connectivity index (χ2n) is 2.90. The highest BCUT2D eigenvalue weighted by atomic mass is 16.4. The zero-order valence-electron chi connectivity index (χ0n) is 8.82. The normalized spacial score (nSPS) is 11.4. The van der Waals surface area contributed by atoms with Crippen molar-refractivity contribution in [3.63, 3.8) is 0 Å². The van der Waals surface area contributed by atoms with E-state index in [2.05, 4.69) is 10.6 Å². The summed E-state index contributed by atoms with van der Waals surface area (Å²) in [6.07, 6.45) is 0.0980. The van der Waals surface area contributed by atoms with Gasteiger partial charge in [0, 0.05) is 20.0 Å². The number of aliphatic hydroxyl groups is 1. The van der Waals surface area contributed by atoms with E-state index in [-0.39, 0.29) is 18.9 Å². The smallest absolute Gasteiger partial charge is 0.328 e. The Bertz CT molecular complexity index is 268. The maximum absolute atomic E-state index is 11.1. The molecule has 92 valence electrons. The van der Waals surface area contributed by atoms with E-state index in [1.165, 1.54) is 7.05 Å². The van der Waals surface area contributed by atoms with Crippen molar-refractivity contribution in [1.29, 1.82) is 0 Å². The molecule has 1 atom stereocenters. The fourth-order valence-corrected chi connectivity index (χ4v) is 0.809. The van der Waals surface area contributed by atoms with Gasteiger partial charge in [-0.05, 0) is 0 Å². The molecule has 0 aliphatic rings. The Labute approximate surface area is 92.0 Å². The van der Waals surface area contributed by atoms with Crippen LogP contribution < -0.4 is 16.0 Å². The molecule has 0 aliphatic carbocycles. The van der Waals surface area contributed by atoms with E-state index in [0.29, 0.717) is 0 Å². The van der Waals surface area contributed by atoms with Gasteiger partial charge < -0.3 is 26.2 Å². The van der Waals surface area contributed by atoms with E-state index in [4.69, 9.17) is 10.2 Å². The topological polar surface area (TPSA) is 128 Å². The Morgan fingerprint density at radius 1 is 1.31 bits per heavy atom. The predicted octanol–water partition coefficient (Wildman–Crippen LogP) is -2.13. The third-order valence-electron chi connectivity index (χ3n) is 1.70. The van der Waals surface area contributed by atoms with E-state index in [9.17, 15) is 14.4 Å². The average Bonchev–Trinajstić information content (AvgIpc) is 2.25. The zero-order chi connectivity index (χ0) is 12.6. The second kappa shape index (κ2) is 7.46. The fraction of sp³-hybridized carbons (Fsp3) is 0.625. The van der Waals surface area contributed by atoms with Gasteiger partial charge in [-0.25, -0.2) is 9.59 Å². The van der Waals surface area contributed by atoms with Gasteiger partial charge in [-0.3, -0.25) is 4.79 Å². The molecule has 0 saturated heterocycles. The maximum Gasteiger partial charge on any atom is 0.328 e. The van der Waals surface area contributed by atoms with Crippen molar-refractivity contribution < 1.29 is 24.6 Å². The molecule has 0 aromatic rings. The highest BCUT2D eigenvalue weighted by Gasteiger charge is 2.18. The van der Waals surface area contributed by atoms with Gasteiger partial charge in [0.2, 0.25) is 5.91 Å². The van der Waals surface area contributed by atoms with Gasteiger partial charge in [-0.1, -0.05) is 0 Å². The SMILES string of the molecule is CNC(=O)CCNC(=O)N[C@H](CO)C(=O)O. The van der Waals surface area contributed by atoms with E-state index in [1.807, 2.05) is 5.32 Å². The van der Waals surface area contributed by atoms with Gasteiger partial charge in [0.25, 0.3) is 0 Å². The minimum absolute atomic E-state index is 0.0866. The van der Waals surface area contributed by atoms with Crippen LogP contribution in [0.3, 0.4) is 0 Å². The highest BCUT2D eigenvalue weighted by molar-refractivity contribution is 5.83. The first-order valence-corrected chi connectivity index (χ1v) is 4.59. The minimum Gasteiger partial charge on any atom is -0.480 e. The molecule has 8 nitrogen and oxygen atoms in total. The molecule has 0 heterocycles. The molecule has 0 aliphatic heterocycles. The number of hydrogen-bond acceptors (Lipinski definition) is 4. The maximum atomic E-state index is 11.1. The van der Waals surface area contributed by atoms with Crippen molar-refractivity contribution in [2.75, 3.05) is 20.2 Å². The van der Waals surface area contributed by atoms with Crippen molar-refractivity contribution in [3.05, 3.63) is 0 Å². The van der Waals surface area contributed by atoms with E-state index >= 15 is 0 Å². The first-order chi connectivity index (χ1) is 7.51. The summed E-state index contributed by atoms with van der Waals surface area (Å²) in [5.41, 5.74) is 0. The molecule has 0 rings (SSSR count). The van der Waals surface area contributed by atoms with Crippen LogP contribution in [0.4, 0.5) is 4.79 Å². The van der Waals surface area contributed by atoms with Crippen molar-refractivity contribution in [3.8, 4) is 0 Å². The molecular weight excluding hydrogens is 218 g/mol. The number of carboxylic acid groups (broad SMARTS) is 1. The Hall–Kier alpha value is -1.83. The molecule has 0 bridgehead atoms. The standard InChI is InChI=1S/C8H15N3O5/c1-9-6(13)2-3-10-8(16)11-5(4-12)7(14)15/h5,12H,2-4H2,1H3,(H,9,13)(H,14,15)(H2,10,11,16)/t5-/m1/s1. The fourth-order valence-electron chi connectivity index (χ4n) is 0.809. The predicted molar refractivity (Wildman–Crippen MR) is 53.7 cm³/mol. The van der Waals surface area contributed by atoms with Crippen LogP contribution in [0.2, 0.25) is 0 Å². The molecule has 0 saturated carbocycles. The number of carbonyl (C=O) groups is 3. The van der Waals surface area contributed by atoms with Crippen molar-refractivity contribution >= 4 is 17.9 Å². The number of nitrogens with one attached hydrogen (secondary N) is 3. The van der Waals surface area contributed by atoms with Crippen molar-refractivity contribution in [1.82, 2.24) is 16.0 Å². The van der Waals surface area contributed by atoms with E-state index in [0.717, 1.165) is 0 Å². The lowest BCUT2D eigenvalue weighted by molar-refractivity contribution is -0.140. The van der Waals surface area contributed by atoms with E-state index < -0.39 is 24.6 Å². The Kier molecular flexibility index (Phi) is 6.61. The van der Waals surface area contributed by atoms with Crippen LogP contribution in [0.15, 0.2) is 0 Å². The first kappa shape index (κ1) is 14.2. The molecule has 0 aromatic heterocycles.